The van der Waals surface area contributed by atoms with Crippen LogP contribution in [0.4, 0.5) is 29.3 Å². The summed E-state index contributed by atoms with van der Waals surface area (Å²) in [6.45, 7) is 2.69. The number of ether oxygens (including phenoxy) is 1. The van der Waals surface area contributed by atoms with E-state index in [1.165, 1.54) is 4.90 Å². The number of nitrogens with zero attached hydrogens (tertiary/aromatic N) is 4. The number of carbonyl (C=O) groups is 3. The first kappa shape index (κ1) is 25.4. The molecule has 10 nitrogen and oxygen atoms in total. The van der Waals surface area contributed by atoms with Crippen molar-refractivity contribution in [1.29, 1.82) is 5.26 Å². The lowest BCUT2D eigenvalue weighted by atomic mass is 10.0. The lowest BCUT2D eigenvalue weighted by Gasteiger charge is -2.27. The average Bonchev–Trinajstić information content (AvgIpc) is 2.94. The number of imide groups is 1. The van der Waals surface area contributed by atoms with E-state index in [0.29, 0.717) is 0 Å². The molecule has 1 fully saturated rings. The second-order valence-corrected chi connectivity index (χ2v) is 7.96. The summed E-state index contributed by atoms with van der Waals surface area (Å²) < 4.78 is 42.6. The number of halogens is 3. The molecule has 1 aliphatic heterocycles. The SMILES string of the molecule is CC1(C)C(=O)N(c2ccc(OC(F)(F)F)c(NC(=O)CNCC#N)c2)C(=O)N1Cc1ccncc1. The van der Waals surface area contributed by atoms with E-state index >= 15 is 0 Å². The Morgan fingerprint density at radius 1 is 1.20 bits per heavy atom. The molecule has 3 rings (SSSR count). The van der Waals surface area contributed by atoms with Crippen molar-refractivity contribution in [1.82, 2.24) is 15.2 Å². The zero-order valence-electron chi connectivity index (χ0n) is 18.7. The predicted molar refractivity (Wildman–Crippen MR) is 117 cm³/mol. The Kier molecular flexibility index (Phi) is 7.25. The molecular weight excluding hydrogens is 469 g/mol. The Labute approximate surface area is 198 Å². The molecule has 35 heavy (non-hydrogen) atoms. The lowest BCUT2D eigenvalue weighted by molar-refractivity contribution is -0.274. The van der Waals surface area contributed by atoms with Crippen LogP contribution in [0.3, 0.4) is 0 Å². The molecule has 0 spiro atoms. The quantitative estimate of drug-likeness (QED) is 0.331. The highest BCUT2D eigenvalue weighted by atomic mass is 19.4. The minimum Gasteiger partial charge on any atom is -0.404 e. The highest BCUT2D eigenvalue weighted by molar-refractivity contribution is 6.23. The molecule has 0 radical (unpaired) electrons. The van der Waals surface area contributed by atoms with Crippen LogP contribution in [0.15, 0.2) is 42.7 Å². The standard InChI is InChI=1S/C22H21F3N6O4/c1-21(2)19(33)31(20(34)30(21)13-14-5-8-27-9-6-14)15-3-4-17(35-22(23,24)25)16(11-15)29-18(32)12-28-10-7-26/h3-6,8-9,11,28H,10,12-13H2,1-2H3,(H,29,32). The molecule has 1 aromatic carbocycles. The van der Waals surface area contributed by atoms with Gasteiger partial charge in [-0.3, -0.25) is 19.9 Å². The van der Waals surface area contributed by atoms with Gasteiger partial charge >= 0.3 is 12.4 Å². The normalized spacial score (nSPS) is 15.2. The van der Waals surface area contributed by atoms with E-state index in [9.17, 15) is 27.6 Å². The molecule has 184 valence electrons. The first-order valence-electron chi connectivity index (χ1n) is 10.3. The summed E-state index contributed by atoms with van der Waals surface area (Å²) in [6, 6.07) is 7.52. The monoisotopic (exact) mass is 490 g/mol. The molecule has 1 aliphatic rings. The van der Waals surface area contributed by atoms with Gasteiger partial charge < -0.3 is 15.0 Å². The van der Waals surface area contributed by atoms with Crippen LogP contribution < -0.4 is 20.3 Å². The van der Waals surface area contributed by atoms with Crippen molar-refractivity contribution in [2.24, 2.45) is 0 Å². The molecule has 0 unspecified atom stereocenters. The average molecular weight is 490 g/mol. The summed E-state index contributed by atoms with van der Waals surface area (Å²) in [5.41, 5.74) is -0.996. The van der Waals surface area contributed by atoms with E-state index in [4.69, 9.17) is 5.26 Å². The number of benzene rings is 1. The Bertz CT molecular complexity index is 1160. The Balaban J connectivity index is 1.93. The number of urea groups is 1. The maximum Gasteiger partial charge on any atom is 0.573 e. The maximum atomic E-state index is 13.2. The molecule has 1 saturated heterocycles. The first-order valence-corrected chi connectivity index (χ1v) is 10.3. The lowest BCUT2D eigenvalue weighted by Crippen LogP contribution is -2.43. The third-order valence-corrected chi connectivity index (χ3v) is 5.12. The van der Waals surface area contributed by atoms with Gasteiger partial charge in [0.05, 0.1) is 30.5 Å². The first-order chi connectivity index (χ1) is 16.4. The van der Waals surface area contributed by atoms with Crippen molar-refractivity contribution in [3.63, 3.8) is 0 Å². The van der Waals surface area contributed by atoms with E-state index in [2.05, 4.69) is 20.4 Å². The predicted octanol–water partition coefficient (Wildman–Crippen LogP) is 2.78. The van der Waals surface area contributed by atoms with Crippen LogP contribution in [0, 0.1) is 11.3 Å². The molecule has 2 N–H and O–H groups in total. The topological polar surface area (TPSA) is 128 Å². The van der Waals surface area contributed by atoms with E-state index in [1.807, 2.05) is 0 Å². The summed E-state index contributed by atoms with van der Waals surface area (Å²) in [5.74, 6) is -2.10. The van der Waals surface area contributed by atoms with Gasteiger partial charge in [0, 0.05) is 18.9 Å². The van der Waals surface area contributed by atoms with Gasteiger partial charge in [0.2, 0.25) is 5.91 Å². The number of nitriles is 1. The smallest absolute Gasteiger partial charge is 0.404 e. The third-order valence-electron chi connectivity index (χ3n) is 5.12. The van der Waals surface area contributed by atoms with Crippen LogP contribution >= 0.6 is 0 Å². The number of pyridine rings is 1. The van der Waals surface area contributed by atoms with Crippen molar-refractivity contribution in [2.75, 3.05) is 23.3 Å². The van der Waals surface area contributed by atoms with Crippen LogP contribution in [-0.4, -0.2) is 52.7 Å². The van der Waals surface area contributed by atoms with Crippen LogP contribution in [0.25, 0.3) is 0 Å². The Morgan fingerprint density at radius 2 is 1.89 bits per heavy atom. The number of hydrogen-bond donors (Lipinski definition) is 2. The van der Waals surface area contributed by atoms with Gasteiger partial charge in [-0.25, -0.2) is 9.69 Å². The largest absolute Gasteiger partial charge is 0.573 e. The number of nitrogens with one attached hydrogen (secondary N) is 2. The van der Waals surface area contributed by atoms with Crippen molar-refractivity contribution in [3.8, 4) is 11.8 Å². The second-order valence-electron chi connectivity index (χ2n) is 7.96. The Morgan fingerprint density at radius 3 is 2.51 bits per heavy atom. The van der Waals surface area contributed by atoms with Crippen molar-refractivity contribution >= 4 is 29.2 Å². The highest BCUT2D eigenvalue weighted by Crippen LogP contribution is 2.38. The zero-order chi connectivity index (χ0) is 25.8. The van der Waals surface area contributed by atoms with Crippen LogP contribution in [0.1, 0.15) is 19.4 Å². The van der Waals surface area contributed by atoms with Crippen LogP contribution in [0.2, 0.25) is 0 Å². The molecule has 0 saturated carbocycles. The van der Waals surface area contributed by atoms with E-state index < -0.39 is 41.2 Å². The summed E-state index contributed by atoms with van der Waals surface area (Å²) in [5, 5.41) is 13.3. The summed E-state index contributed by atoms with van der Waals surface area (Å²) in [7, 11) is 0. The van der Waals surface area contributed by atoms with Gasteiger partial charge in [-0.1, -0.05) is 0 Å². The molecule has 0 aliphatic carbocycles. The minimum atomic E-state index is -5.05. The molecule has 2 aromatic rings. The number of anilines is 2. The summed E-state index contributed by atoms with van der Waals surface area (Å²) in [6.07, 6.45) is -1.97. The molecule has 0 atom stereocenters. The van der Waals surface area contributed by atoms with E-state index in [1.54, 1.807) is 44.4 Å². The maximum absolute atomic E-state index is 13.2. The van der Waals surface area contributed by atoms with Crippen LogP contribution in [0.5, 0.6) is 5.75 Å². The number of amides is 4. The fourth-order valence-electron chi connectivity index (χ4n) is 3.39. The third kappa shape index (κ3) is 5.85. The number of carbonyl (C=O) groups excluding carboxylic acids is 3. The number of rotatable bonds is 8. The highest BCUT2D eigenvalue weighted by Gasteiger charge is 2.51. The zero-order valence-corrected chi connectivity index (χ0v) is 18.7. The van der Waals surface area contributed by atoms with Gasteiger partial charge in [0.15, 0.2) is 5.75 Å². The fourth-order valence-corrected chi connectivity index (χ4v) is 3.39. The molecule has 2 heterocycles. The molecule has 1 aromatic heterocycles. The number of aromatic nitrogens is 1. The molecule has 13 heteroatoms. The van der Waals surface area contributed by atoms with Gasteiger partial charge in [0.1, 0.15) is 5.54 Å². The molecular formula is C22H21F3N6O4. The van der Waals surface area contributed by atoms with Gasteiger partial charge in [-0.05, 0) is 49.7 Å². The number of hydrogen-bond acceptors (Lipinski definition) is 7. The van der Waals surface area contributed by atoms with Gasteiger partial charge in [-0.2, -0.15) is 5.26 Å². The van der Waals surface area contributed by atoms with Crippen molar-refractivity contribution in [2.45, 2.75) is 32.3 Å². The van der Waals surface area contributed by atoms with Crippen LogP contribution in [-0.2, 0) is 16.1 Å². The van der Waals surface area contributed by atoms with E-state index in [-0.39, 0.29) is 25.3 Å². The Hall–Kier alpha value is -4.18. The number of alkyl halides is 3. The van der Waals surface area contributed by atoms with Gasteiger partial charge in [-0.15, -0.1) is 13.2 Å². The fraction of sp³-hybridized carbons (Fsp3) is 0.318. The summed E-state index contributed by atoms with van der Waals surface area (Å²) in [4.78, 5) is 44.6. The van der Waals surface area contributed by atoms with E-state index in [0.717, 1.165) is 28.7 Å². The van der Waals surface area contributed by atoms with Gasteiger partial charge in [0.25, 0.3) is 5.91 Å². The summed E-state index contributed by atoms with van der Waals surface area (Å²) >= 11 is 0. The van der Waals surface area contributed by atoms with Crippen molar-refractivity contribution < 1.29 is 32.3 Å². The second kappa shape index (κ2) is 9.98. The van der Waals surface area contributed by atoms with Crippen molar-refractivity contribution in [3.05, 3.63) is 48.3 Å². The minimum absolute atomic E-state index is 0.0555. The molecule has 0 bridgehead atoms. The molecule has 4 amide bonds.